The molecule has 4 atom stereocenters. The average Bonchev–Trinajstić information content (AvgIpc) is 3.75. The lowest BCUT2D eigenvalue weighted by molar-refractivity contribution is -0.117. The molecule has 6 rings (SSSR count). The van der Waals surface area contributed by atoms with Crippen LogP contribution >= 0.6 is 0 Å². The summed E-state index contributed by atoms with van der Waals surface area (Å²) in [6.07, 6.45) is 7.25. The topological polar surface area (TPSA) is 109 Å². The van der Waals surface area contributed by atoms with Crippen LogP contribution in [0.3, 0.4) is 0 Å². The lowest BCUT2D eigenvalue weighted by atomic mass is 10.2. The van der Waals surface area contributed by atoms with Gasteiger partial charge < -0.3 is 15.5 Å². The number of carbonyl (C=O) groups excluding carboxylic acids is 1. The lowest BCUT2D eigenvalue weighted by Crippen LogP contribution is -2.22. The highest BCUT2D eigenvalue weighted by atomic mass is 16.2. The number of nitrogens with zero attached hydrogens (tertiary/aromatic N) is 6. The summed E-state index contributed by atoms with van der Waals surface area (Å²) in [5, 5.41) is 6.19. The molecule has 0 radical (unpaired) electrons. The Morgan fingerprint density at radius 2 is 1.91 bits per heavy atom. The maximum Gasteiger partial charge on any atom is 0.229 e. The summed E-state index contributed by atoms with van der Waals surface area (Å²) >= 11 is 0. The van der Waals surface area contributed by atoms with Crippen molar-refractivity contribution in [2.75, 3.05) is 28.6 Å². The van der Waals surface area contributed by atoms with Gasteiger partial charge in [-0.15, -0.1) is 0 Å². The number of pyridine rings is 1. The number of carbonyl (C=O) groups is 1. The zero-order chi connectivity index (χ0) is 22.4. The number of aryl methyl sites for hydroxylation is 1. The first kappa shape index (κ1) is 20.0. The molecule has 0 aromatic carbocycles. The predicted molar refractivity (Wildman–Crippen MR) is 124 cm³/mol. The molecule has 9 nitrogen and oxygen atoms in total. The van der Waals surface area contributed by atoms with Crippen LogP contribution in [0.4, 0.5) is 17.5 Å². The molecule has 3 aromatic heterocycles. The first-order valence-corrected chi connectivity index (χ1v) is 11.5. The van der Waals surface area contributed by atoms with E-state index >= 15 is 0 Å². The van der Waals surface area contributed by atoms with Gasteiger partial charge in [-0.2, -0.15) is 0 Å². The molecule has 0 bridgehead atoms. The molecule has 1 saturated heterocycles. The molecule has 2 aliphatic carbocycles. The Hall–Kier alpha value is -3.62. The van der Waals surface area contributed by atoms with Crippen LogP contribution in [0.2, 0.25) is 0 Å². The summed E-state index contributed by atoms with van der Waals surface area (Å²) in [6.45, 7) is 4.81. The zero-order valence-corrected chi connectivity index (χ0v) is 18.5. The number of piperidine rings is 1. The van der Waals surface area contributed by atoms with Crippen molar-refractivity contribution in [2.45, 2.75) is 32.2 Å². The molecule has 9 heteroatoms. The number of aromatic nitrogens is 5. The number of anilines is 3. The Morgan fingerprint density at radius 3 is 2.70 bits per heavy atom. The van der Waals surface area contributed by atoms with Gasteiger partial charge in [-0.3, -0.25) is 4.79 Å². The molecular weight excluding hydrogens is 416 g/mol. The minimum Gasteiger partial charge on any atom is -0.366 e. The van der Waals surface area contributed by atoms with Gasteiger partial charge >= 0.3 is 0 Å². The third-order valence-corrected chi connectivity index (χ3v) is 6.78. The van der Waals surface area contributed by atoms with E-state index in [2.05, 4.69) is 52.6 Å². The Morgan fingerprint density at radius 1 is 1.06 bits per heavy atom. The first-order valence-electron chi connectivity index (χ1n) is 11.5. The van der Waals surface area contributed by atoms with Gasteiger partial charge in [0.2, 0.25) is 5.91 Å². The monoisotopic (exact) mass is 442 g/mol. The van der Waals surface area contributed by atoms with Crippen LogP contribution in [-0.2, 0) is 11.3 Å². The molecular formula is C24H26N8O. The van der Waals surface area contributed by atoms with Gasteiger partial charge in [-0.25, -0.2) is 24.9 Å². The first-order chi connectivity index (χ1) is 16.1. The van der Waals surface area contributed by atoms with Gasteiger partial charge in [0.05, 0.1) is 0 Å². The normalized spacial score (nSPS) is 24.8. The highest BCUT2D eigenvalue weighted by Crippen LogP contribution is 2.47. The third-order valence-electron chi connectivity index (χ3n) is 6.78. The Kier molecular flexibility index (Phi) is 4.89. The van der Waals surface area contributed by atoms with Crippen LogP contribution in [0.25, 0.3) is 0 Å². The van der Waals surface area contributed by atoms with E-state index < -0.39 is 0 Å². The van der Waals surface area contributed by atoms with Crippen LogP contribution in [-0.4, -0.2) is 43.9 Å². The number of fused-ring (bicyclic) bond motifs is 1. The average molecular weight is 443 g/mol. The van der Waals surface area contributed by atoms with Gasteiger partial charge in [-0.05, 0) is 49.3 Å². The second kappa shape index (κ2) is 8.06. The van der Waals surface area contributed by atoms with Gasteiger partial charge in [0.25, 0.3) is 0 Å². The Bertz CT molecular complexity index is 1170. The van der Waals surface area contributed by atoms with Crippen molar-refractivity contribution in [3.05, 3.63) is 60.1 Å². The van der Waals surface area contributed by atoms with Gasteiger partial charge in [-0.1, -0.05) is 6.07 Å². The molecule has 3 aromatic rings. The quantitative estimate of drug-likeness (QED) is 0.575. The summed E-state index contributed by atoms with van der Waals surface area (Å²) in [5.74, 6) is 4.61. The van der Waals surface area contributed by atoms with E-state index in [1.807, 2.05) is 19.2 Å². The molecule has 4 unspecified atom stereocenters. The molecule has 1 amide bonds. The van der Waals surface area contributed by atoms with Crippen molar-refractivity contribution < 1.29 is 4.79 Å². The highest BCUT2D eigenvalue weighted by molar-refractivity contribution is 5.94. The zero-order valence-electron chi connectivity index (χ0n) is 18.5. The summed E-state index contributed by atoms with van der Waals surface area (Å²) in [4.78, 5) is 36.9. The van der Waals surface area contributed by atoms with E-state index in [1.54, 1.807) is 12.3 Å². The second-order valence-electron chi connectivity index (χ2n) is 9.32. The third kappa shape index (κ3) is 4.35. The van der Waals surface area contributed by atoms with Gasteiger partial charge in [0, 0.05) is 55.6 Å². The molecule has 4 heterocycles. The number of rotatable bonds is 7. The van der Waals surface area contributed by atoms with Crippen LogP contribution in [0, 0.1) is 24.7 Å². The van der Waals surface area contributed by atoms with E-state index in [-0.39, 0.29) is 17.7 Å². The van der Waals surface area contributed by atoms with Crippen LogP contribution in [0.5, 0.6) is 0 Å². The largest absolute Gasteiger partial charge is 0.366 e. The number of hydrogen-bond donors (Lipinski definition) is 2. The molecule has 1 aliphatic heterocycles. The summed E-state index contributed by atoms with van der Waals surface area (Å²) in [7, 11) is 0. The molecule has 0 spiro atoms. The predicted octanol–water partition coefficient (Wildman–Crippen LogP) is 2.78. The molecule has 3 aliphatic rings. The standard InChI is InChI=1S/C24H26N8O/c1-14-4-5-25-23(30-14)18-7-19(18)24(33)31-21-8-20(28-13-29-21)26-9-15-2-3-22(27-10-15)32-11-16-6-17(16)12-32/h2-5,8,10,13,16-19H,6-7,9,11-12H2,1H3,(H2,26,28,29,31,33). The maximum atomic E-state index is 12.6. The summed E-state index contributed by atoms with van der Waals surface area (Å²) in [6, 6.07) is 7.80. The SMILES string of the molecule is Cc1ccnc(C2CC2C(=O)Nc2cc(NCc3ccc(N4CC5CC5C4)nc3)ncn2)n1. The Labute approximate surface area is 192 Å². The number of hydrogen-bond acceptors (Lipinski definition) is 8. The van der Waals surface area contributed by atoms with Crippen molar-refractivity contribution in [1.29, 1.82) is 0 Å². The van der Waals surface area contributed by atoms with E-state index in [1.165, 1.54) is 12.7 Å². The molecule has 2 N–H and O–H groups in total. The number of nitrogens with one attached hydrogen (secondary N) is 2. The van der Waals surface area contributed by atoms with Gasteiger partial charge in [0.15, 0.2) is 0 Å². The van der Waals surface area contributed by atoms with Crippen LogP contribution in [0.15, 0.2) is 43.0 Å². The fourth-order valence-electron chi connectivity index (χ4n) is 4.64. The fourth-order valence-corrected chi connectivity index (χ4v) is 4.64. The van der Waals surface area contributed by atoms with Crippen molar-refractivity contribution >= 4 is 23.4 Å². The van der Waals surface area contributed by atoms with E-state index in [4.69, 9.17) is 0 Å². The molecule has 2 saturated carbocycles. The van der Waals surface area contributed by atoms with Crippen molar-refractivity contribution in [2.24, 2.45) is 17.8 Å². The smallest absolute Gasteiger partial charge is 0.229 e. The maximum absolute atomic E-state index is 12.6. The number of amides is 1. The Balaban J connectivity index is 1.02. The van der Waals surface area contributed by atoms with E-state index in [0.29, 0.717) is 18.2 Å². The minimum absolute atomic E-state index is 0.0610. The fraction of sp³-hybridized carbons (Fsp3) is 0.417. The van der Waals surface area contributed by atoms with Crippen LogP contribution < -0.4 is 15.5 Å². The van der Waals surface area contributed by atoms with Crippen LogP contribution in [0.1, 0.15) is 35.8 Å². The second-order valence-corrected chi connectivity index (χ2v) is 9.32. The van der Waals surface area contributed by atoms with Gasteiger partial charge in [0.1, 0.15) is 29.6 Å². The molecule has 33 heavy (non-hydrogen) atoms. The molecule has 3 fully saturated rings. The van der Waals surface area contributed by atoms with E-state index in [9.17, 15) is 4.79 Å². The minimum atomic E-state index is -0.121. The van der Waals surface area contributed by atoms with E-state index in [0.717, 1.165) is 54.2 Å². The highest BCUT2D eigenvalue weighted by Gasteiger charge is 2.46. The lowest BCUT2D eigenvalue weighted by Gasteiger charge is -2.19. The summed E-state index contributed by atoms with van der Waals surface area (Å²) in [5.41, 5.74) is 1.99. The van der Waals surface area contributed by atoms with Crippen molar-refractivity contribution in [3.8, 4) is 0 Å². The molecule has 168 valence electrons. The van der Waals surface area contributed by atoms with Crippen molar-refractivity contribution in [1.82, 2.24) is 24.9 Å². The van der Waals surface area contributed by atoms with Crippen molar-refractivity contribution in [3.63, 3.8) is 0 Å². The summed E-state index contributed by atoms with van der Waals surface area (Å²) < 4.78 is 0.